The molecular weight excluding hydrogens is 368 g/mol. The Kier molecular flexibility index (Phi) is 5.76. The molecule has 2 amide bonds. The predicted octanol–water partition coefficient (Wildman–Crippen LogP) is 2.51. The molecule has 6 nitrogen and oxygen atoms in total. The Morgan fingerprint density at radius 2 is 1.93 bits per heavy atom. The number of rotatable bonds is 6. The highest BCUT2D eigenvalue weighted by molar-refractivity contribution is 6.31. The fraction of sp³-hybridized carbons (Fsp3) is 0.250. The van der Waals surface area contributed by atoms with E-state index in [1.807, 2.05) is 6.07 Å². The molecule has 140 valence electrons. The van der Waals surface area contributed by atoms with Crippen LogP contribution in [0.3, 0.4) is 0 Å². The van der Waals surface area contributed by atoms with Crippen LogP contribution in [0.4, 0.5) is 5.69 Å². The number of amides is 2. The van der Waals surface area contributed by atoms with E-state index in [4.69, 9.17) is 11.6 Å². The second-order valence-corrected chi connectivity index (χ2v) is 6.84. The average molecular weight is 387 g/mol. The number of anilines is 1. The van der Waals surface area contributed by atoms with Gasteiger partial charge in [-0.15, -0.1) is 0 Å². The van der Waals surface area contributed by atoms with Gasteiger partial charge in [0.25, 0.3) is 0 Å². The Morgan fingerprint density at radius 3 is 2.59 bits per heavy atom. The van der Waals surface area contributed by atoms with E-state index in [2.05, 4.69) is 5.32 Å². The Morgan fingerprint density at radius 1 is 1.19 bits per heavy atom. The second-order valence-electron chi connectivity index (χ2n) is 6.40. The van der Waals surface area contributed by atoms with Crippen molar-refractivity contribution in [3.63, 3.8) is 0 Å². The number of aliphatic carboxylic acids is 1. The maximum absolute atomic E-state index is 12.6. The molecule has 0 aliphatic carbocycles. The van der Waals surface area contributed by atoms with E-state index in [0.29, 0.717) is 23.7 Å². The SMILES string of the molecule is O=C(N[C@@H](Cc1ccccc1)C(=O)O)C1CCN(c2cccc(Cl)c2)C1=O. The Labute approximate surface area is 161 Å². The number of carboxylic acids is 1. The highest BCUT2D eigenvalue weighted by Crippen LogP contribution is 2.27. The summed E-state index contributed by atoms with van der Waals surface area (Å²) in [6, 6.07) is 14.8. The lowest BCUT2D eigenvalue weighted by molar-refractivity contribution is -0.143. The van der Waals surface area contributed by atoms with Crippen LogP contribution in [0, 0.1) is 5.92 Å². The molecule has 7 heteroatoms. The van der Waals surface area contributed by atoms with E-state index >= 15 is 0 Å². The summed E-state index contributed by atoms with van der Waals surface area (Å²) in [6.07, 6.45) is 0.482. The van der Waals surface area contributed by atoms with Gasteiger partial charge in [-0.2, -0.15) is 0 Å². The van der Waals surface area contributed by atoms with Crippen LogP contribution in [-0.2, 0) is 20.8 Å². The smallest absolute Gasteiger partial charge is 0.326 e. The molecule has 2 atom stereocenters. The van der Waals surface area contributed by atoms with Crippen LogP contribution in [0.5, 0.6) is 0 Å². The van der Waals surface area contributed by atoms with E-state index in [-0.39, 0.29) is 12.3 Å². The molecule has 1 aliphatic heterocycles. The quantitative estimate of drug-likeness (QED) is 0.747. The summed E-state index contributed by atoms with van der Waals surface area (Å²) in [4.78, 5) is 38.2. The maximum Gasteiger partial charge on any atom is 0.326 e. The fourth-order valence-electron chi connectivity index (χ4n) is 3.15. The standard InChI is InChI=1S/C20H19ClN2O4/c21-14-7-4-8-15(12-14)23-10-9-16(19(23)25)18(24)22-17(20(26)27)11-13-5-2-1-3-6-13/h1-8,12,16-17H,9-11H2,(H,22,24)(H,26,27)/t16?,17-/m0/s1. The number of nitrogens with zero attached hydrogens (tertiary/aromatic N) is 1. The van der Waals surface area contributed by atoms with Crippen LogP contribution in [0.1, 0.15) is 12.0 Å². The molecule has 2 N–H and O–H groups in total. The lowest BCUT2D eigenvalue weighted by Gasteiger charge is -2.19. The van der Waals surface area contributed by atoms with E-state index in [9.17, 15) is 19.5 Å². The Bertz CT molecular complexity index is 856. The van der Waals surface area contributed by atoms with Crippen molar-refractivity contribution in [2.75, 3.05) is 11.4 Å². The lowest BCUT2D eigenvalue weighted by atomic mass is 10.0. The number of hydrogen-bond donors (Lipinski definition) is 2. The van der Waals surface area contributed by atoms with Gasteiger partial charge in [0.1, 0.15) is 12.0 Å². The Hall–Kier alpha value is -2.86. The van der Waals surface area contributed by atoms with Crippen molar-refractivity contribution >= 4 is 35.1 Å². The molecule has 0 radical (unpaired) electrons. The molecule has 1 fully saturated rings. The minimum atomic E-state index is -1.13. The number of benzene rings is 2. The Balaban J connectivity index is 1.68. The minimum Gasteiger partial charge on any atom is -0.480 e. The summed E-state index contributed by atoms with van der Waals surface area (Å²) in [6.45, 7) is 0.383. The van der Waals surface area contributed by atoms with Crippen LogP contribution in [0.15, 0.2) is 54.6 Å². The minimum absolute atomic E-state index is 0.154. The van der Waals surface area contributed by atoms with Crippen molar-refractivity contribution in [2.45, 2.75) is 18.9 Å². The van der Waals surface area contributed by atoms with Gasteiger partial charge in [-0.3, -0.25) is 9.59 Å². The fourth-order valence-corrected chi connectivity index (χ4v) is 3.33. The summed E-state index contributed by atoms with van der Waals surface area (Å²) in [5.41, 5.74) is 1.42. The van der Waals surface area contributed by atoms with Crippen LogP contribution in [-0.4, -0.2) is 35.5 Å². The third-order valence-corrected chi connectivity index (χ3v) is 4.77. The first kappa shape index (κ1) is 18.9. The van der Waals surface area contributed by atoms with Crippen molar-refractivity contribution in [1.29, 1.82) is 0 Å². The van der Waals surface area contributed by atoms with Crippen molar-refractivity contribution in [3.05, 3.63) is 65.2 Å². The lowest BCUT2D eigenvalue weighted by Crippen LogP contribution is -2.46. The van der Waals surface area contributed by atoms with Crippen molar-refractivity contribution in [2.24, 2.45) is 5.92 Å². The van der Waals surface area contributed by atoms with Crippen LogP contribution < -0.4 is 10.2 Å². The number of hydrogen-bond acceptors (Lipinski definition) is 3. The molecular formula is C20H19ClN2O4. The number of carboxylic acid groups (broad SMARTS) is 1. The summed E-state index contributed by atoms with van der Waals surface area (Å²) >= 11 is 5.97. The molecule has 1 unspecified atom stereocenters. The van der Waals surface area contributed by atoms with Crippen LogP contribution in [0.25, 0.3) is 0 Å². The van der Waals surface area contributed by atoms with E-state index < -0.39 is 23.8 Å². The van der Waals surface area contributed by atoms with Crippen LogP contribution >= 0.6 is 11.6 Å². The number of carbonyl (C=O) groups excluding carboxylic acids is 2. The third kappa shape index (κ3) is 4.46. The number of carbonyl (C=O) groups is 3. The molecule has 0 bridgehead atoms. The monoisotopic (exact) mass is 386 g/mol. The highest BCUT2D eigenvalue weighted by Gasteiger charge is 2.39. The molecule has 1 heterocycles. The molecule has 3 rings (SSSR count). The first-order chi connectivity index (χ1) is 13.0. The van der Waals surface area contributed by atoms with Gasteiger partial charge in [0.15, 0.2) is 0 Å². The number of nitrogens with one attached hydrogen (secondary N) is 1. The first-order valence-electron chi connectivity index (χ1n) is 8.60. The zero-order valence-corrected chi connectivity index (χ0v) is 15.2. The average Bonchev–Trinajstić information content (AvgIpc) is 3.03. The number of halogens is 1. The van der Waals surface area contributed by atoms with Gasteiger partial charge in [0, 0.05) is 23.7 Å². The third-order valence-electron chi connectivity index (χ3n) is 4.54. The zero-order chi connectivity index (χ0) is 19.4. The maximum atomic E-state index is 12.6. The van der Waals surface area contributed by atoms with Gasteiger partial charge in [-0.1, -0.05) is 48.0 Å². The van der Waals surface area contributed by atoms with Crippen LogP contribution in [0.2, 0.25) is 5.02 Å². The first-order valence-corrected chi connectivity index (χ1v) is 8.97. The molecule has 2 aromatic rings. The van der Waals surface area contributed by atoms with Gasteiger partial charge in [0.2, 0.25) is 11.8 Å². The summed E-state index contributed by atoms with van der Waals surface area (Å²) < 4.78 is 0. The molecule has 27 heavy (non-hydrogen) atoms. The molecule has 1 aliphatic rings. The van der Waals surface area contributed by atoms with Gasteiger partial charge < -0.3 is 15.3 Å². The summed E-state index contributed by atoms with van der Waals surface area (Å²) in [7, 11) is 0. The predicted molar refractivity (Wildman–Crippen MR) is 102 cm³/mol. The van der Waals surface area contributed by atoms with E-state index in [1.165, 1.54) is 4.90 Å². The summed E-state index contributed by atoms with van der Waals surface area (Å²) in [5.74, 6) is -2.95. The van der Waals surface area contributed by atoms with Crippen molar-refractivity contribution in [3.8, 4) is 0 Å². The van der Waals surface area contributed by atoms with Gasteiger partial charge >= 0.3 is 5.97 Å². The molecule has 2 aromatic carbocycles. The van der Waals surface area contributed by atoms with E-state index in [1.54, 1.807) is 48.5 Å². The topological polar surface area (TPSA) is 86.7 Å². The van der Waals surface area contributed by atoms with Gasteiger partial charge in [-0.25, -0.2) is 4.79 Å². The zero-order valence-electron chi connectivity index (χ0n) is 14.5. The largest absolute Gasteiger partial charge is 0.480 e. The molecule has 0 aromatic heterocycles. The van der Waals surface area contributed by atoms with Gasteiger partial charge in [-0.05, 0) is 30.2 Å². The normalized spacial score (nSPS) is 17.6. The molecule has 0 saturated carbocycles. The van der Waals surface area contributed by atoms with Crippen molar-refractivity contribution in [1.82, 2.24) is 5.32 Å². The van der Waals surface area contributed by atoms with Gasteiger partial charge in [0.05, 0.1) is 0 Å². The highest BCUT2D eigenvalue weighted by atomic mass is 35.5. The summed E-state index contributed by atoms with van der Waals surface area (Å²) in [5, 5.41) is 12.4. The molecule has 0 spiro atoms. The van der Waals surface area contributed by atoms with Crippen molar-refractivity contribution < 1.29 is 19.5 Å². The second kappa shape index (κ2) is 8.22. The van der Waals surface area contributed by atoms with E-state index in [0.717, 1.165) is 5.56 Å². The molecule has 1 saturated heterocycles.